The molecular formula is C23H35N5O2. The molecule has 1 aromatic carbocycles. The Kier molecular flexibility index (Phi) is 10.1. The zero-order chi connectivity index (χ0) is 21.8. The van der Waals surface area contributed by atoms with Crippen LogP contribution in [0.5, 0.6) is 0 Å². The van der Waals surface area contributed by atoms with Crippen LogP contribution < -0.4 is 16.0 Å². The molecule has 0 saturated heterocycles. The summed E-state index contributed by atoms with van der Waals surface area (Å²) in [6, 6.07) is 6.17. The van der Waals surface area contributed by atoms with E-state index in [-0.39, 0.29) is 18.0 Å². The lowest BCUT2D eigenvalue weighted by Crippen LogP contribution is -2.46. The number of hydrogen-bond donors (Lipinski definition) is 4. The van der Waals surface area contributed by atoms with Gasteiger partial charge >= 0.3 is 6.03 Å². The molecule has 164 valence electrons. The third kappa shape index (κ3) is 8.37. The molecule has 0 aliphatic heterocycles. The highest BCUT2D eigenvalue weighted by Gasteiger charge is 2.16. The highest BCUT2D eigenvalue weighted by atomic mass is 16.2. The molecule has 0 unspecified atom stereocenters. The topological polar surface area (TPSA) is 106 Å². The maximum atomic E-state index is 11.9. The molecule has 2 aliphatic carbocycles. The van der Waals surface area contributed by atoms with Gasteiger partial charge < -0.3 is 10.6 Å². The molecule has 2 saturated carbocycles. The van der Waals surface area contributed by atoms with Crippen LogP contribution >= 0.6 is 0 Å². The number of para-hydroxylation sites is 1. The van der Waals surface area contributed by atoms with Gasteiger partial charge in [-0.1, -0.05) is 56.7 Å². The van der Waals surface area contributed by atoms with Crippen LogP contribution in [0, 0.1) is 19.3 Å². The molecule has 7 heteroatoms. The summed E-state index contributed by atoms with van der Waals surface area (Å²) in [6.07, 6.45) is 13.2. The second-order valence-electron chi connectivity index (χ2n) is 8.21. The van der Waals surface area contributed by atoms with Crippen LogP contribution in [0.3, 0.4) is 0 Å². The minimum atomic E-state index is -0.300. The smallest absolute Gasteiger partial charge is 0.321 e. The zero-order valence-corrected chi connectivity index (χ0v) is 18.2. The Morgan fingerprint density at radius 2 is 1.57 bits per heavy atom. The lowest BCUT2D eigenvalue weighted by atomic mass is 9.96. The van der Waals surface area contributed by atoms with Gasteiger partial charge in [-0.2, -0.15) is 0 Å². The Labute approximate surface area is 179 Å². The number of hydrogen-bond acceptors (Lipinski definition) is 4. The Balaban J connectivity index is 0.000000297. The molecule has 2 amide bonds. The van der Waals surface area contributed by atoms with E-state index in [4.69, 9.17) is 5.41 Å². The van der Waals surface area contributed by atoms with Crippen LogP contribution in [-0.2, 0) is 4.79 Å². The van der Waals surface area contributed by atoms with E-state index in [2.05, 4.69) is 20.9 Å². The Morgan fingerprint density at radius 1 is 1.00 bits per heavy atom. The molecule has 4 N–H and O–H groups in total. The summed E-state index contributed by atoms with van der Waals surface area (Å²) in [4.78, 5) is 25.3. The van der Waals surface area contributed by atoms with Gasteiger partial charge in [-0.3, -0.25) is 10.7 Å². The molecule has 0 spiro atoms. The van der Waals surface area contributed by atoms with Gasteiger partial charge in [0.1, 0.15) is 0 Å². The zero-order valence-electron chi connectivity index (χ0n) is 18.2. The second-order valence-corrected chi connectivity index (χ2v) is 8.21. The minimum Gasteiger partial charge on any atom is -0.335 e. The van der Waals surface area contributed by atoms with Crippen LogP contribution in [0.25, 0.3) is 0 Å². The molecule has 0 aromatic heterocycles. The van der Waals surface area contributed by atoms with Gasteiger partial charge in [-0.15, -0.1) is 0 Å². The molecule has 0 heterocycles. The van der Waals surface area contributed by atoms with Crippen molar-refractivity contribution < 1.29 is 9.59 Å². The number of urea groups is 1. The van der Waals surface area contributed by atoms with E-state index < -0.39 is 0 Å². The fraction of sp³-hybridized carbons (Fsp3) is 0.609. The van der Waals surface area contributed by atoms with Crippen molar-refractivity contribution in [3.63, 3.8) is 0 Å². The van der Waals surface area contributed by atoms with Crippen molar-refractivity contribution >= 4 is 23.8 Å². The number of isocyanates is 1. The Bertz CT molecular complexity index is 726. The monoisotopic (exact) mass is 413 g/mol. The number of guanidine groups is 1. The first-order chi connectivity index (χ1) is 14.5. The average molecular weight is 414 g/mol. The summed E-state index contributed by atoms with van der Waals surface area (Å²) < 4.78 is 0. The van der Waals surface area contributed by atoms with E-state index in [1.807, 2.05) is 32.0 Å². The average Bonchev–Trinajstić information content (AvgIpc) is 2.73. The first-order valence-electron chi connectivity index (χ1n) is 11.1. The van der Waals surface area contributed by atoms with Crippen molar-refractivity contribution in [2.75, 3.05) is 5.32 Å². The first-order valence-corrected chi connectivity index (χ1v) is 11.1. The standard InChI is InChI=1S/C16H24N4O.C7H11NO/c1-11-7-6-8-12(2)14(11)19-15(17)20-16(21)18-13-9-4-3-5-10-13;9-6-8-7-4-2-1-3-5-7/h6-8,13H,3-5,9-10H2,1-2H3,(H4,17,18,19,20,21);7H,1-5H2. The quantitative estimate of drug-likeness (QED) is 0.320. The molecule has 0 radical (unpaired) electrons. The third-order valence-corrected chi connectivity index (χ3v) is 5.72. The van der Waals surface area contributed by atoms with E-state index in [1.54, 1.807) is 6.08 Å². The van der Waals surface area contributed by atoms with Gasteiger partial charge in [0.2, 0.25) is 12.0 Å². The van der Waals surface area contributed by atoms with E-state index in [0.29, 0.717) is 6.04 Å². The largest absolute Gasteiger partial charge is 0.335 e. The van der Waals surface area contributed by atoms with Crippen molar-refractivity contribution in [2.24, 2.45) is 4.99 Å². The molecule has 2 fully saturated rings. The molecule has 1 aromatic rings. The number of aryl methyl sites for hydroxylation is 2. The van der Waals surface area contributed by atoms with Crippen LogP contribution in [0.2, 0.25) is 0 Å². The molecule has 30 heavy (non-hydrogen) atoms. The van der Waals surface area contributed by atoms with Crippen LogP contribution in [0.15, 0.2) is 23.2 Å². The number of carbonyl (C=O) groups excluding carboxylic acids is 2. The first kappa shape index (κ1) is 23.6. The second kappa shape index (κ2) is 12.8. The van der Waals surface area contributed by atoms with Crippen LogP contribution in [-0.4, -0.2) is 30.2 Å². The molecular weight excluding hydrogens is 378 g/mol. The lowest BCUT2D eigenvalue weighted by molar-refractivity contribution is 0.237. The number of carbonyl (C=O) groups is 1. The van der Waals surface area contributed by atoms with Crippen molar-refractivity contribution in [3.05, 3.63) is 29.3 Å². The van der Waals surface area contributed by atoms with E-state index >= 15 is 0 Å². The van der Waals surface area contributed by atoms with Crippen LogP contribution in [0.4, 0.5) is 10.5 Å². The van der Waals surface area contributed by atoms with Gasteiger partial charge in [0.15, 0.2) is 0 Å². The number of anilines is 1. The Hall–Kier alpha value is -2.66. The fourth-order valence-corrected chi connectivity index (χ4v) is 4.03. The highest BCUT2D eigenvalue weighted by molar-refractivity contribution is 6.02. The summed E-state index contributed by atoms with van der Waals surface area (Å²) >= 11 is 0. The Morgan fingerprint density at radius 3 is 2.13 bits per heavy atom. The fourth-order valence-electron chi connectivity index (χ4n) is 4.03. The SMILES string of the molecule is Cc1cccc(C)c1NC(=N)NC(=O)NC1CCCCC1.O=C=NC1CCCCC1. The number of nitrogens with one attached hydrogen (secondary N) is 4. The van der Waals surface area contributed by atoms with Crippen molar-refractivity contribution in [3.8, 4) is 0 Å². The molecule has 3 rings (SSSR count). The summed E-state index contributed by atoms with van der Waals surface area (Å²) in [5.41, 5.74) is 2.98. The molecule has 7 nitrogen and oxygen atoms in total. The van der Waals surface area contributed by atoms with Gasteiger partial charge in [0.05, 0.1) is 6.04 Å². The van der Waals surface area contributed by atoms with Gasteiger partial charge in [0.25, 0.3) is 0 Å². The maximum absolute atomic E-state index is 11.9. The van der Waals surface area contributed by atoms with Crippen LogP contribution in [0.1, 0.15) is 75.3 Å². The normalized spacial score (nSPS) is 17.0. The van der Waals surface area contributed by atoms with Gasteiger partial charge in [-0.25, -0.2) is 14.6 Å². The van der Waals surface area contributed by atoms with Gasteiger partial charge in [-0.05, 0) is 50.7 Å². The summed E-state index contributed by atoms with van der Waals surface area (Å²) in [5, 5.41) is 16.3. The predicted octanol–water partition coefficient (Wildman–Crippen LogP) is 4.94. The van der Waals surface area contributed by atoms with Crippen molar-refractivity contribution in [2.45, 2.75) is 90.1 Å². The molecule has 0 bridgehead atoms. The summed E-state index contributed by atoms with van der Waals surface area (Å²) in [7, 11) is 0. The summed E-state index contributed by atoms with van der Waals surface area (Å²) in [5.74, 6) is 0.000657. The predicted molar refractivity (Wildman–Crippen MR) is 121 cm³/mol. The van der Waals surface area contributed by atoms with E-state index in [9.17, 15) is 9.59 Å². The van der Waals surface area contributed by atoms with Crippen molar-refractivity contribution in [1.82, 2.24) is 10.6 Å². The summed E-state index contributed by atoms with van der Waals surface area (Å²) in [6.45, 7) is 3.95. The minimum absolute atomic E-state index is 0.000657. The van der Waals surface area contributed by atoms with E-state index in [1.165, 1.54) is 38.5 Å². The lowest BCUT2D eigenvalue weighted by Gasteiger charge is -2.23. The van der Waals surface area contributed by atoms with Gasteiger partial charge in [0, 0.05) is 11.7 Å². The number of amides is 2. The highest BCUT2D eigenvalue weighted by Crippen LogP contribution is 2.20. The number of aliphatic imine (C=N–C) groups is 1. The van der Waals surface area contributed by atoms with E-state index in [0.717, 1.165) is 42.5 Å². The van der Waals surface area contributed by atoms with Crippen molar-refractivity contribution in [1.29, 1.82) is 5.41 Å². The number of rotatable bonds is 3. The molecule has 0 atom stereocenters. The number of nitrogens with zero attached hydrogens (tertiary/aromatic N) is 1. The third-order valence-electron chi connectivity index (χ3n) is 5.72. The maximum Gasteiger partial charge on any atom is 0.321 e. The number of benzene rings is 1. The molecule has 2 aliphatic rings.